The highest BCUT2D eigenvalue weighted by Gasteiger charge is 2.23. The lowest BCUT2D eigenvalue weighted by Gasteiger charge is -2.10. The van der Waals surface area contributed by atoms with Gasteiger partial charge in [0.05, 0.1) is 6.61 Å². The van der Waals surface area contributed by atoms with Crippen LogP contribution in [0.3, 0.4) is 0 Å². The molecule has 1 N–H and O–H groups in total. The van der Waals surface area contributed by atoms with Crippen LogP contribution in [-0.4, -0.2) is 22.0 Å². The second-order valence-electron chi connectivity index (χ2n) is 6.66. The van der Waals surface area contributed by atoms with Crippen molar-refractivity contribution in [3.8, 4) is 11.3 Å². The predicted molar refractivity (Wildman–Crippen MR) is 121 cm³/mol. The van der Waals surface area contributed by atoms with E-state index in [1.807, 2.05) is 41.7 Å². The molecule has 0 unspecified atom stereocenters. The number of nitrogens with one attached hydrogen (secondary N) is 1. The van der Waals surface area contributed by atoms with Crippen molar-refractivity contribution < 1.29 is 13.9 Å². The van der Waals surface area contributed by atoms with Crippen molar-refractivity contribution >= 4 is 44.0 Å². The average molecular weight is 488 g/mol. The topological polar surface area (TPSA) is 55.6 Å². The average Bonchev–Trinajstić information content (AvgIpc) is 3.23. The maximum Gasteiger partial charge on any atom is 0.350 e. The fraction of sp³-hybridized carbons (Fsp3) is 0.182. The fourth-order valence-electron chi connectivity index (χ4n) is 3.27. The highest BCUT2D eigenvalue weighted by atomic mass is 79.9. The van der Waals surface area contributed by atoms with Crippen LogP contribution >= 0.6 is 27.3 Å². The number of ether oxygens (including phenoxy) is 1. The van der Waals surface area contributed by atoms with Crippen molar-refractivity contribution in [3.63, 3.8) is 0 Å². The molecule has 2 aromatic carbocycles. The fourth-order valence-corrected chi connectivity index (χ4v) is 4.68. The molecule has 4 aromatic rings. The first-order valence-electron chi connectivity index (χ1n) is 9.41. The highest BCUT2D eigenvalue weighted by molar-refractivity contribution is 9.10. The quantitative estimate of drug-likeness (QED) is 0.335. The third-order valence-electron chi connectivity index (χ3n) is 4.61. The molecule has 0 bridgehead atoms. The van der Waals surface area contributed by atoms with Gasteiger partial charge in [0.15, 0.2) is 4.96 Å². The minimum Gasteiger partial charge on any atom is -0.462 e. The van der Waals surface area contributed by atoms with Gasteiger partial charge in [0.25, 0.3) is 0 Å². The number of aromatic nitrogens is 2. The van der Waals surface area contributed by atoms with E-state index in [0.717, 1.165) is 32.8 Å². The molecule has 0 aliphatic carbocycles. The number of carbonyl (C=O) groups is 1. The number of thiazole rings is 1. The monoisotopic (exact) mass is 487 g/mol. The van der Waals surface area contributed by atoms with Crippen LogP contribution in [0.4, 0.5) is 10.2 Å². The molecule has 5 nitrogen and oxygen atoms in total. The van der Waals surface area contributed by atoms with Crippen LogP contribution in [-0.2, 0) is 11.3 Å². The van der Waals surface area contributed by atoms with Gasteiger partial charge in [0.2, 0.25) is 0 Å². The summed E-state index contributed by atoms with van der Waals surface area (Å²) >= 11 is 4.80. The molecule has 0 saturated heterocycles. The van der Waals surface area contributed by atoms with Crippen molar-refractivity contribution in [2.45, 2.75) is 20.4 Å². The summed E-state index contributed by atoms with van der Waals surface area (Å²) in [7, 11) is 0. The number of rotatable bonds is 6. The van der Waals surface area contributed by atoms with E-state index < -0.39 is 0 Å². The van der Waals surface area contributed by atoms with Gasteiger partial charge in [-0.2, -0.15) is 0 Å². The van der Waals surface area contributed by atoms with Gasteiger partial charge in [-0.05, 0) is 43.7 Å². The Labute approximate surface area is 185 Å². The van der Waals surface area contributed by atoms with Gasteiger partial charge in [-0.25, -0.2) is 14.2 Å². The highest BCUT2D eigenvalue weighted by Crippen LogP contribution is 2.36. The summed E-state index contributed by atoms with van der Waals surface area (Å²) in [4.78, 5) is 18.3. The van der Waals surface area contributed by atoms with Gasteiger partial charge in [-0.1, -0.05) is 51.5 Å². The van der Waals surface area contributed by atoms with Gasteiger partial charge in [-0.3, -0.25) is 4.40 Å². The number of hydrogen-bond acceptors (Lipinski definition) is 5. The van der Waals surface area contributed by atoms with Crippen LogP contribution in [0.25, 0.3) is 16.2 Å². The Bertz CT molecular complexity index is 1230. The van der Waals surface area contributed by atoms with Crippen LogP contribution in [0, 0.1) is 12.7 Å². The van der Waals surface area contributed by atoms with E-state index in [9.17, 15) is 9.18 Å². The van der Waals surface area contributed by atoms with E-state index in [2.05, 4.69) is 21.2 Å². The van der Waals surface area contributed by atoms with Crippen molar-refractivity contribution in [2.75, 3.05) is 11.9 Å². The lowest BCUT2D eigenvalue weighted by molar-refractivity contribution is 0.0531. The Morgan fingerprint density at radius 2 is 2.07 bits per heavy atom. The molecular formula is C22H19BrFN3O2S. The largest absolute Gasteiger partial charge is 0.462 e. The Morgan fingerprint density at radius 3 is 2.80 bits per heavy atom. The summed E-state index contributed by atoms with van der Waals surface area (Å²) in [5.74, 6) is 0.110. The zero-order valence-electron chi connectivity index (χ0n) is 16.4. The lowest BCUT2D eigenvalue weighted by atomic mass is 10.1. The number of anilines is 1. The molecular weight excluding hydrogens is 469 g/mol. The van der Waals surface area contributed by atoms with E-state index in [0.29, 0.717) is 23.0 Å². The summed E-state index contributed by atoms with van der Waals surface area (Å²) in [6.45, 7) is 4.38. The first-order valence-corrected chi connectivity index (χ1v) is 11.0. The van der Waals surface area contributed by atoms with Gasteiger partial charge in [-0.15, -0.1) is 0 Å². The molecule has 2 aromatic heterocycles. The molecule has 8 heteroatoms. The summed E-state index contributed by atoms with van der Waals surface area (Å²) in [5, 5.41) is 3.40. The third-order valence-corrected chi connectivity index (χ3v) is 6.23. The summed E-state index contributed by atoms with van der Waals surface area (Å²) in [6.07, 6.45) is 0. The molecule has 0 saturated carbocycles. The van der Waals surface area contributed by atoms with Crippen LogP contribution < -0.4 is 5.32 Å². The molecule has 4 rings (SSSR count). The number of imidazole rings is 1. The number of aryl methyl sites for hydroxylation is 1. The first kappa shape index (κ1) is 20.6. The van der Waals surface area contributed by atoms with Crippen LogP contribution in [0.2, 0.25) is 0 Å². The Morgan fingerprint density at radius 1 is 1.27 bits per heavy atom. The first-order chi connectivity index (χ1) is 14.5. The van der Waals surface area contributed by atoms with Crippen LogP contribution in [0.5, 0.6) is 0 Å². The van der Waals surface area contributed by atoms with E-state index in [-0.39, 0.29) is 11.8 Å². The molecule has 0 spiro atoms. The smallest absolute Gasteiger partial charge is 0.350 e. The molecule has 0 amide bonds. The summed E-state index contributed by atoms with van der Waals surface area (Å²) in [6, 6.07) is 14.3. The van der Waals surface area contributed by atoms with E-state index in [4.69, 9.17) is 9.72 Å². The molecule has 30 heavy (non-hydrogen) atoms. The van der Waals surface area contributed by atoms with Gasteiger partial charge in [0, 0.05) is 22.3 Å². The molecule has 2 heterocycles. The zero-order chi connectivity index (χ0) is 21.3. The number of hydrogen-bond donors (Lipinski definition) is 1. The third kappa shape index (κ3) is 3.97. The Hall–Kier alpha value is -2.71. The maximum absolute atomic E-state index is 13.6. The van der Waals surface area contributed by atoms with Gasteiger partial charge in [0.1, 0.15) is 22.2 Å². The van der Waals surface area contributed by atoms with Crippen molar-refractivity contribution in [3.05, 3.63) is 75.0 Å². The normalized spacial score (nSPS) is 11.1. The minimum absolute atomic E-state index is 0.281. The second-order valence-corrected chi connectivity index (χ2v) is 8.55. The van der Waals surface area contributed by atoms with Crippen molar-refractivity contribution in [1.29, 1.82) is 0 Å². The standard InChI is InChI=1S/C22H19BrFN3O2S/c1-3-29-21(28)19-13(2)27-20(25-12-14-6-4-9-17(24)10-14)18(26-22(27)30-19)15-7-5-8-16(23)11-15/h4-11,25H,3,12H2,1-2H3. The second kappa shape index (κ2) is 8.57. The van der Waals surface area contributed by atoms with Crippen LogP contribution in [0.15, 0.2) is 53.0 Å². The molecule has 0 aliphatic heterocycles. The van der Waals surface area contributed by atoms with E-state index >= 15 is 0 Å². The predicted octanol–water partition coefficient (Wildman–Crippen LogP) is 6.06. The van der Waals surface area contributed by atoms with Crippen molar-refractivity contribution in [2.24, 2.45) is 0 Å². The van der Waals surface area contributed by atoms with Gasteiger partial charge >= 0.3 is 5.97 Å². The van der Waals surface area contributed by atoms with E-state index in [1.165, 1.54) is 23.5 Å². The SMILES string of the molecule is CCOC(=O)c1sc2nc(-c3cccc(Br)c3)c(NCc3cccc(F)c3)n2c1C. The number of halogens is 2. The molecule has 0 fully saturated rings. The minimum atomic E-state index is -0.356. The van der Waals surface area contributed by atoms with Crippen molar-refractivity contribution in [1.82, 2.24) is 9.38 Å². The number of benzene rings is 2. The molecule has 0 atom stereocenters. The zero-order valence-corrected chi connectivity index (χ0v) is 18.8. The number of nitrogens with zero attached hydrogens (tertiary/aromatic N) is 2. The molecule has 0 radical (unpaired) electrons. The van der Waals surface area contributed by atoms with Gasteiger partial charge < -0.3 is 10.1 Å². The maximum atomic E-state index is 13.6. The van der Waals surface area contributed by atoms with E-state index in [1.54, 1.807) is 13.0 Å². The molecule has 0 aliphatic rings. The molecule has 154 valence electrons. The lowest BCUT2D eigenvalue weighted by Crippen LogP contribution is -2.07. The number of fused-ring (bicyclic) bond motifs is 1. The number of esters is 1. The number of carbonyl (C=O) groups excluding carboxylic acids is 1. The summed E-state index contributed by atoms with van der Waals surface area (Å²) in [5.41, 5.74) is 3.25. The van der Waals surface area contributed by atoms with Crippen LogP contribution in [0.1, 0.15) is 27.9 Å². The summed E-state index contributed by atoms with van der Waals surface area (Å²) < 4.78 is 21.7. The Kier molecular flexibility index (Phi) is 5.87. The Balaban J connectivity index is 1.81.